The summed E-state index contributed by atoms with van der Waals surface area (Å²) in [6.45, 7) is 1.37. The molecule has 128 valence electrons. The summed E-state index contributed by atoms with van der Waals surface area (Å²) in [5, 5.41) is 9.75. The Bertz CT molecular complexity index is 842. The van der Waals surface area contributed by atoms with E-state index >= 15 is 0 Å². The van der Waals surface area contributed by atoms with Gasteiger partial charge in [0.2, 0.25) is 0 Å². The van der Waals surface area contributed by atoms with Gasteiger partial charge in [0, 0.05) is 5.56 Å². The van der Waals surface area contributed by atoms with Gasteiger partial charge in [-0.3, -0.25) is 4.79 Å². The van der Waals surface area contributed by atoms with Gasteiger partial charge in [0.15, 0.2) is 12.7 Å². The molecule has 0 saturated heterocycles. The molecule has 0 spiro atoms. The smallest absolute Gasteiger partial charge is 0.344 e. The molecule has 2 heterocycles. The molecule has 7 nitrogen and oxygen atoms in total. The predicted octanol–water partition coefficient (Wildman–Crippen LogP) is 3.29. The third-order valence-electron chi connectivity index (χ3n) is 3.20. The lowest BCUT2D eigenvalue weighted by molar-refractivity contribution is -0.152. The molecule has 3 rings (SSSR count). The lowest BCUT2D eigenvalue weighted by atomic mass is 10.2. The van der Waals surface area contributed by atoms with Gasteiger partial charge < -0.3 is 13.9 Å². The van der Waals surface area contributed by atoms with Crippen molar-refractivity contribution in [2.24, 2.45) is 0 Å². The Kier molecular flexibility index (Phi) is 5.20. The summed E-state index contributed by atoms with van der Waals surface area (Å²) in [6.07, 6.45) is 0.0453. The first kappa shape index (κ1) is 16.8. The van der Waals surface area contributed by atoms with Gasteiger partial charge in [-0.05, 0) is 42.6 Å². The number of rotatable bonds is 7. The Morgan fingerprint density at radius 3 is 2.76 bits per heavy atom. The number of benzene rings is 1. The van der Waals surface area contributed by atoms with E-state index in [0.29, 0.717) is 17.2 Å². The molecule has 0 aliphatic rings. The van der Waals surface area contributed by atoms with Crippen LogP contribution in [-0.2, 0) is 9.53 Å². The Balaban J connectivity index is 1.52. The summed E-state index contributed by atoms with van der Waals surface area (Å²) in [6, 6.07) is 10.1. The minimum absolute atomic E-state index is 0.215. The summed E-state index contributed by atoms with van der Waals surface area (Å²) < 4.78 is 16.0. The number of aromatic nitrogens is 2. The molecule has 0 saturated carbocycles. The quantitative estimate of drug-likeness (QED) is 0.473. The molecule has 8 heteroatoms. The number of ether oxygens (including phenoxy) is 2. The van der Waals surface area contributed by atoms with Crippen LogP contribution in [0.4, 0.5) is 0 Å². The fraction of sp³-hybridized carbons (Fsp3) is 0.176. The topological polar surface area (TPSA) is 91.5 Å². The highest BCUT2D eigenvalue weighted by Gasteiger charge is 2.19. The minimum atomic E-state index is -0.685. The second-order valence-electron chi connectivity index (χ2n) is 5.03. The number of hydrogen-bond acceptors (Lipinski definition) is 8. The van der Waals surface area contributed by atoms with Crippen LogP contribution < -0.4 is 4.74 Å². The molecule has 0 bridgehead atoms. The third kappa shape index (κ3) is 4.30. The first-order valence-corrected chi connectivity index (χ1v) is 8.28. The van der Waals surface area contributed by atoms with Crippen molar-refractivity contribution in [3.63, 3.8) is 0 Å². The lowest BCUT2D eigenvalue weighted by Gasteiger charge is -2.10. The van der Waals surface area contributed by atoms with E-state index in [4.69, 9.17) is 13.9 Å². The maximum Gasteiger partial charge on any atom is 0.344 e. The zero-order valence-corrected chi connectivity index (χ0v) is 14.1. The monoisotopic (exact) mass is 358 g/mol. The highest BCUT2D eigenvalue weighted by Crippen LogP contribution is 2.25. The molecule has 25 heavy (non-hydrogen) atoms. The van der Waals surface area contributed by atoms with Gasteiger partial charge in [0.25, 0.3) is 11.8 Å². The van der Waals surface area contributed by atoms with Crippen molar-refractivity contribution < 1.29 is 23.5 Å². The number of nitrogens with zero attached hydrogens (tertiary/aromatic N) is 2. The van der Waals surface area contributed by atoms with E-state index in [1.807, 2.05) is 17.5 Å². The Morgan fingerprint density at radius 1 is 1.28 bits per heavy atom. The molecule has 3 aromatic rings. The number of aldehydes is 1. The van der Waals surface area contributed by atoms with Crippen molar-refractivity contribution in [3.05, 3.63) is 53.2 Å². The van der Waals surface area contributed by atoms with Crippen LogP contribution in [0.3, 0.4) is 0 Å². The molecule has 0 amide bonds. The largest absolute Gasteiger partial charge is 0.482 e. The first-order valence-electron chi connectivity index (χ1n) is 7.40. The van der Waals surface area contributed by atoms with E-state index < -0.39 is 12.1 Å². The zero-order valence-electron chi connectivity index (χ0n) is 13.2. The Morgan fingerprint density at radius 2 is 2.08 bits per heavy atom. The SMILES string of the molecule is C[C@@H](OC(=O)COc1ccc(C=O)cc1)c1nnc(-c2cccs2)o1. The lowest BCUT2D eigenvalue weighted by Crippen LogP contribution is -2.17. The molecule has 1 atom stereocenters. The van der Waals surface area contributed by atoms with E-state index in [0.717, 1.165) is 11.2 Å². The summed E-state index contributed by atoms with van der Waals surface area (Å²) in [5.41, 5.74) is 0.529. The van der Waals surface area contributed by atoms with Crippen LogP contribution in [0.2, 0.25) is 0 Å². The Labute approximate surface area is 147 Å². The van der Waals surface area contributed by atoms with Crippen LogP contribution in [0.5, 0.6) is 5.75 Å². The number of hydrogen-bond donors (Lipinski definition) is 0. The summed E-state index contributed by atoms with van der Waals surface area (Å²) in [7, 11) is 0. The predicted molar refractivity (Wildman–Crippen MR) is 89.4 cm³/mol. The van der Waals surface area contributed by atoms with Gasteiger partial charge in [-0.15, -0.1) is 21.5 Å². The summed E-state index contributed by atoms with van der Waals surface area (Å²) in [4.78, 5) is 23.3. The molecule has 0 radical (unpaired) electrons. The second-order valence-corrected chi connectivity index (χ2v) is 5.98. The fourth-order valence-corrected chi connectivity index (χ4v) is 2.61. The first-order chi connectivity index (χ1) is 12.2. The van der Waals surface area contributed by atoms with Gasteiger partial charge in [0.1, 0.15) is 12.0 Å². The molecular weight excluding hydrogens is 344 g/mol. The fourth-order valence-electron chi connectivity index (χ4n) is 1.97. The highest BCUT2D eigenvalue weighted by molar-refractivity contribution is 7.13. The van der Waals surface area contributed by atoms with Crippen molar-refractivity contribution in [1.82, 2.24) is 10.2 Å². The number of thiophene rings is 1. The second kappa shape index (κ2) is 7.71. The maximum atomic E-state index is 11.9. The molecule has 2 aromatic heterocycles. The van der Waals surface area contributed by atoms with Gasteiger partial charge in [-0.25, -0.2) is 4.79 Å². The maximum absolute atomic E-state index is 11.9. The van der Waals surface area contributed by atoms with Gasteiger partial charge >= 0.3 is 5.97 Å². The van der Waals surface area contributed by atoms with Gasteiger partial charge in [-0.1, -0.05) is 6.07 Å². The molecule has 0 aliphatic carbocycles. The number of carbonyl (C=O) groups is 2. The van der Waals surface area contributed by atoms with Crippen LogP contribution in [-0.4, -0.2) is 29.1 Å². The van der Waals surface area contributed by atoms with Crippen LogP contribution >= 0.6 is 11.3 Å². The molecule has 1 aromatic carbocycles. The van der Waals surface area contributed by atoms with Crippen molar-refractivity contribution in [2.75, 3.05) is 6.61 Å². The van der Waals surface area contributed by atoms with E-state index in [-0.39, 0.29) is 12.5 Å². The van der Waals surface area contributed by atoms with Gasteiger partial charge in [0.05, 0.1) is 4.88 Å². The van der Waals surface area contributed by atoms with Gasteiger partial charge in [-0.2, -0.15) is 0 Å². The third-order valence-corrected chi connectivity index (χ3v) is 4.06. The Hall–Kier alpha value is -3.00. The van der Waals surface area contributed by atoms with Crippen molar-refractivity contribution in [3.8, 4) is 16.5 Å². The zero-order chi connectivity index (χ0) is 17.6. The average Bonchev–Trinajstić information content (AvgIpc) is 3.31. The average molecular weight is 358 g/mol. The standard InChI is InChI=1S/C17H14N2O5S/c1-11(16-18-19-17(24-16)14-3-2-8-25-14)23-15(21)10-22-13-6-4-12(9-20)5-7-13/h2-9,11H,10H2,1H3/t11-/m1/s1. The van der Waals surface area contributed by atoms with Crippen LogP contribution in [0.25, 0.3) is 10.8 Å². The molecule has 0 aliphatic heterocycles. The number of esters is 1. The van der Waals surface area contributed by atoms with Crippen LogP contribution in [0.15, 0.2) is 46.2 Å². The van der Waals surface area contributed by atoms with Crippen LogP contribution in [0, 0.1) is 0 Å². The van der Waals surface area contributed by atoms with E-state index in [9.17, 15) is 9.59 Å². The minimum Gasteiger partial charge on any atom is -0.482 e. The summed E-state index contributed by atoms with van der Waals surface area (Å²) in [5.74, 6) is 0.502. The highest BCUT2D eigenvalue weighted by atomic mass is 32.1. The normalized spacial score (nSPS) is 11.7. The van der Waals surface area contributed by atoms with E-state index in [2.05, 4.69) is 10.2 Å². The van der Waals surface area contributed by atoms with Crippen LogP contribution in [0.1, 0.15) is 29.3 Å². The molecule has 0 fully saturated rings. The van der Waals surface area contributed by atoms with E-state index in [1.54, 1.807) is 31.2 Å². The summed E-state index contributed by atoms with van der Waals surface area (Å²) >= 11 is 1.48. The molecular formula is C17H14N2O5S. The van der Waals surface area contributed by atoms with Crippen molar-refractivity contribution in [1.29, 1.82) is 0 Å². The molecule has 0 unspecified atom stereocenters. The van der Waals surface area contributed by atoms with Crippen molar-refractivity contribution in [2.45, 2.75) is 13.0 Å². The number of carbonyl (C=O) groups excluding carboxylic acids is 2. The van der Waals surface area contributed by atoms with E-state index in [1.165, 1.54) is 11.3 Å². The van der Waals surface area contributed by atoms with Crippen molar-refractivity contribution >= 4 is 23.6 Å². The molecule has 0 N–H and O–H groups in total.